The second-order valence-corrected chi connectivity index (χ2v) is 14.3. The van der Waals surface area contributed by atoms with Crippen LogP contribution in [-0.2, 0) is 18.4 Å². The smallest absolute Gasteiger partial charge is 0.254 e. The largest absolute Gasteiger partial charge is 0.494 e. The Morgan fingerprint density at radius 1 is 1.04 bits per heavy atom. The minimum atomic E-state index is -0.411. The summed E-state index contributed by atoms with van der Waals surface area (Å²) in [5.74, 6) is 2.21. The van der Waals surface area contributed by atoms with Gasteiger partial charge in [0.2, 0.25) is 5.91 Å². The van der Waals surface area contributed by atoms with Crippen molar-refractivity contribution in [3.63, 3.8) is 0 Å². The molecule has 2 amide bonds. The zero-order valence-corrected chi connectivity index (χ0v) is 27.9. The van der Waals surface area contributed by atoms with Gasteiger partial charge in [-0.2, -0.15) is 0 Å². The number of ether oxygens (including phenoxy) is 1. The van der Waals surface area contributed by atoms with Gasteiger partial charge in [-0.25, -0.2) is 9.97 Å². The number of hydrogen-bond donors (Lipinski definition) is 2. The Morgan fingerprint density at radius 3 is 2.70 bits per heavy atom. The lowest BCUT2D eigenvalue weighted by atomic mass is 9.85. The van der Waals surface area contributed by atoms with E-state index < -0.39 is 5.41 Å². The van der Waals surface area contributed by atoms with E-state index >= 15 is 0 Å². The maximum atomic E-state index is 13.8. The number of likely N-dealkylation sites (tertiary alicyclic amines) is 1. The quantitative estimate of drug-likeness (QED) is 0.308. The van der Waals surface area contributed by atoms with Gasteiger partial charge < -0.3 is 29.4 Å². The summed E-state index contributed by atoms with van der Waals surface area (Å²) in [5, 5.41) is 7.83. The van der Waals surface area contributed by atoms with Crippen LogP contribution in [0.1, 0.15) is 87.8 Å². The molecule has 244 valence electrons. The van der Waals surface area contributed by atoms with Crippen molar-refractivity contribution < 1.29 is 14.3 Å². The second-order valence-electron chi connectivity index (χ2n) is 14.3. The Labute approximate surface area is 270 Å². The number of rotatable bonds is 3. The van der Waals surface area contributed by atoms with Crippen LogP contribution in [-0.4, -0.2) is 68.6 Å². The first-order valence-electron chi connectivity index (χ1n) is 17.0. The number of piperidine rings is 1. The van der Waals surface area contributed by atoms with E-state index in [4.69, 9.17) is 14.7 Å². The molecule has 7 rings (SSSR count). The summed E-state index contributed by atoms with van der Waals surface area (Å²) in [7, 11) is 3.67. The Balaban J connectivity index is 1.28. The highest BCUT2D eigenvalue weighted by molar-refractivity contribution is 6.00. The van der Waals surface area contributed by atoms with E-state index in [2.05, 4.69) is 31.9 Å². The molecular formula is C36H47N7O3. The minimum absolute atomic E-state index is 0.0307. The molecule has 46 heavy (non-hydrogen) atoms. The molecule has 6 heterocycles. The molecule has 3 aliphatic heterocycles. The number of carbonyl (C=O) groups excluding carboxylic acids is 2. The van der Waals surface area contributed by atoms with E-state index in [1.165, 1.54) is 6.42 Å². The number of methoxy groups -OCH3 is 1. The number of pyridine rings is 1. The summed E-state index contributed by atoms with van der Waals surface area (Å²) in [4.78, 5) is 39.2. The van der Waals surface area contributed by atoms with E-state index in [0.717, 1.165) is 104 Å². The van der Waals surface area contributed by atoms with Gasteiger partial charge in [0.1, 0.15) is 16.9 Å². The summed E-state index contributed by atoms with van der Waals surface area (Å²) < 4.78 is 10.2. The van der Waals surface area contributed by atoms with Crippen molar-refractivity contribution in [2.24, 2.45) is 18.4 Å². The molecule has 3 aliphatic rings. The lowest BCUT2D eigenvalue weighted by Crippen LogP contribution is -2.48. The Kier molecular flexibility index (Phi) is 8.03. The van der Waals surface area contributed by atoms with E-state index in [9.17, 15) is 9.59 Å². The fraction of sp³-hybridized carbons (Fsp3) is 0.556. The molecule has 0 unspecified atom stereocenters. The average molecular weight is 626 g/mol. The van der Waals surface area contributed by atoms with Gasteiger partial charge in [-0.3, -0.25) is 9.59 Å². The van der Waals surface area contributed by atoms with Gasteiger partial charge in [-0.15, -0.1) is 0 Å². The van der Waals surface area contributed by atoms with Gasteiger partial charge in [0.05, 0.1) is 30.1 Å². The van der Waals surface area contributed by atoms with Crippen LogP contribution in [0, 0.1) is 11.3 Å². The van der Waals surface area contributed by atoms with Crippen LogP contribution < -0.4 is 15.4 Å². The molecule has 0 saturated carbocycles. The number of amides is 2. The predicted octanol–water partition coefficient (Wildman–Crippen LogP) is 5.59. The highest BCUT2D eigenvalue weighted by atomic mass is 16.5. The lowest BCUT2D eigenvalue weighted by Gasteiger charge is -2.35. The molecule has 10 heteroatoms. The number of aryl methyl sites for hydroxylation is 2. The van der Waals surface area contributed by atoms with Crippen LogP contribution >= 0.6 is 0 Å². The fourth-order valence-electron chi connectivity index (χ4n) is 7.78. The molecule has 2 fully saturated rings. The molecule has 2 bridgehead atoms. The number of fused-ring (bicyclic) bond motifs is 3. The number of imidazole rings is 1. The van der Waals surface area contributed by atoms with Crippen LogP contribution in [0.3, 0.4) is 0 Å². The number of nitrogens with zero attached hydrogens (tertiary/aromatic N) is 5. The summed E-state index contributed by atoms with van der Waals surface area (Å²) >= 11 is 0. The Bertz CT molecular complexity index is 1800. The second kappa shape index (κ2) is 12.0. The van der Waals surface area contributed by atoms with E-state index in [-0.39, 0.29) is 17.9 Å². The van der Waals surface area contributed by atoms with Crippen molar-refractivity contribution in [3.8, 4) is 17.3 Å². The predicted molar refractivity (Wildman–Crippen MR) is 180 cm³/mol. The van der Waals surface area contributed by atoms with Crippen molar-refractivity contribution in [1.82, 2.24) is 34.6 Å². The number of carbonyl (C=O) groups is 2. The van der Waals surface area contributed by atoms with E-state index in [0.29, 0.717) is 23.3 Å². The minimum Gasteiger partial charge on any atom is -0.494 e. The fourth-order valence-corrected chi connectivity index (χ4v) is 7.78. The molecule has 0 aliphatic carbocycles. The van der Waals surface area contributed by atoms with Crippen molar-refractivity contribution in [2.45, 2.75) is 84.3 Å². The van der Waals surface area contributed by atoms with Crippen molar-refractivity contribution in [2.75, 3.05) is 26.7 Å². The number of benzene rings is 1. The SMILES string of the molecule is COc1cc(C(=O)N2CC[C@H]3CCN[C@H]3C2)cc2nc(-c3cc4ccc5nc4n3CCCCCCC(C)(C)C(=O)N[C@@H]5C)n(C)c12. The van der Waals surface area contributed by atoms with Crippen molar-refractivity contribution in [3.05, 3.63) is 41.6 Å². The standard InChI is InChI=1S/C36H47N7O3/c1-22-26-11-10-24-19-29(43(32(24)39-26)16-9-7-6-8-14-36(2,3)35(45)38-22)33-40-27-18-25(20-30(46-5)31(27)41(33)4)34(44)42-17-13-23-12-15-37-28(23)21-42/h10-11,18-20,22-23,28,37H,6-9,12-17,21H2,1-5H3,(H,38,45)/t22-,23-,28+/m1/s1. The molecule has 2 N–H and O–H groups in total. The average Bonchev–Trinajstić information content (AvgIpc) is 3.76. The zero-order chi connectivity index (χ0) is 32.2. The van der Waals surface area contributed by atoms with Gasteiger partial charge in [0, 0.05) is 49.1 Å². The third-order valence-corrected chi connectivity index (χ3v) is 10.7. The first-order valence-corrected chi connectivity index (χ1v) is 17.0. The molecule has 0 radical (unpaired) electrons. The first kappa shape index (κ1) is 30.7. The van der Waals surface area contributed by atoms with Crippen LogP contribution in [0.25, 0.3) is 33.6 Å². The van der Waals surface area contributed by atoms with E-state index in [1.54, 1.807) is 7.11 Å². The third-order valence-electron chi connectivity index (χ3n) is 10.7. The summed E-state index contributed by atoms with van der Waals surface area (Å²) in [6.45, 7) is 9.46. The van der Waals surface area contributed by atoms with Gasteiger partial charge in [0.15, 0.2) is 5.82 Å². The molecule has 3 aromatic heterocycles. The Hall–Kier alpha value is -3.92. The maximum absolute atomic E-state index is 13.8. The summed E-state index contributed by atoms with van der Waals surface area (Å²) in [5.41, 5.74) is 4.50. The highest BCUT2D eigenvalue weighted by Gasteiger charge is 2.35. The van der Waals surface area contributed by atoms with Crippen LogP contribution in [0.15, 0.2) is 30.3 Å². The van der Waals surface area contributed by atoms with Gasteiger partial charge in [0.25, 0.3) is 5.91 Å². The summed E-state index contributed by atoms with van der Waals surface area (Å²) in [6.07, 6.45) is 7.28. The normalized spacial score (nSPS) is 23.8. The molecule has 3 atom stereocenters. The number of hydrogen-bond acceptors (Lipinski definition) is 6. The van der Waals surface area contributed by atoms with Gasteiger partial charge >= 0.3 is 0 Å². The molecule has 2 saturated heterocycles. The Morgan fingerprint density at radius 2 is 1.87 bits per heavy atom. The number of aromatic nitrogens is 4. The van der Waals surface area contributed by atoms with Gasteiger partial charge in [-0.1, -0.05) is 33.1 Å². The molecular weight excluding hydrogens is 578 g/mol. The highest BCUT2D eigenvalue weighted by Crippen LogP contribution is 2.36. The monoisotopic (exact) mass is 625 g/mol. The van der Waals surface area contributed by atoms with Crippen LogP contribution in [0.5, 0.6) is 5.75 Å². The number of nitrogens with one attached hydrogen (secondary N) is 2. The molecule has 10 nitrogen and oxygen atoms in total. The van der Waals surface area contributed by atoms with Crippen molar-refractivity contribution in [1.29, 1.82) is 0 Å². The third kappa shape index (κ3) is 5.44. The summed E-state index contributed by atoms with van der Waals surface area (Å²) in [6, 6.07) is 10.2. The van der Waals surface area contributed by atoms with Crippen LogP contribution in [0.4, 0.5) is 0 Å². The molecule has 4 aromatic rings. The van der Waals surface area contributed by atoms with Crippen LogP contribution in [0.2, 0.25) is 0 Å². The first-order chi connectivity index (χ1) is 22.1. The molecule has 0 spiro atoms. The van der Waals surface area contributed by atoms with Crippen molar-refractivity contribution >= 4 is 33.9 Å². The van der Waals surface area contributed by atoms with Gasteiger partial charge in [-0.05, 0) is 75.4 Å². The lowest BCUT2D eigenvalue weighted by molar-refractivity contribution is -0.130. The maximum Gasteiger partial charge on any atom is 0.254 e. The van der Waals surface area contributed by atoms with E-state index in [1.807, 2.05) is 50.9 Å². The zero-order valence-electron chi connectivity index (χ0n) is 27.9. The molecule has 1 aromatic carbocycles. The topological polar surface area (TPSA) is 106 Å².